The second-order valence-corrected chi connectivity index (χ2v) is 6.65. The van der Waals surface area contributed by atoms with E-state index in [-0.39, 0.29) is 0 Å². The van der Waals surface area contributed by atoms with E-state index in [1.807, 2.05) is 0 Å². The summed E-state index contributed by atoms with van der Waals surface area (Å²) in [5, 5.41) is 0.777. The predicted molar refractivity (Wildman–Crippen MR) is 59.6 cm³/mol. The Hall–Kier alpha value is 0.700. The lowest BCUT2D eigenvalue weighted by atomic mass is 10.4. The van der Waals surface area contributed by atoms with Gasteiger partial charge in [0, 0.05) is 9.83 Å². The quantitative estimate of drug-likeness (QED) is 0.461. The molecule has 0 aliphatic rings. The highest BCUT2D eigenvalue weighted by atomic mass is 32.2. The van der Waals surface area contributed by atoms with Crippen LogP contribution in [-0.4, -0.2) is 15.6 Å². The van der Waals surface area contributed by atoms with Crippen molar-refractivity contribution >= 4 is 23.5 Å². The van der Waals surface area contributed by atoms with E-state index in [0.717, 1.165) is 9.83 Å². The van der Waals surface area contributed by atoms with Gasteiger partial charge in [0.15, 0.2) is 0 Å². The molecule has 2 heteroatoms. The van der Waals surface area contributed by atoms with Crippen LogP contribution in [0.1, 0.15) is 40.5 Å². The molecule has 0 rings (SSSR count). The highest BCUT2D eigenvalue weighted by Gasteiger charge is 2.04. The van der Waals surface area contributed by atoms with Crippen molar-refractivity contribution in [2.75, 3.05) is 5.75 Å². The Kier molecular flexibility index (Phi) is 7.82. The van der Waals surface area contributed by atoms with Gasteiger partial charge in [0.05, 0.1) is 0 Å². The van der Waals surface area contributed by atoms with Crippen molar-refractivity contribution in [1.82, 2.24) is 0 Å². The van der Waals surface area contributed by atoms with Crippen LogP contribution in [0.3, 0.4) is 0 Å². The molecule has 0 N–H and O–H groups in total. The maximum absolute atomic E-state index is 2.31. The topological polar surface area (TPSA) is 0 Å². The van der Waals surface area contributed by atoms with Gasteiger partial charge in [-0.1, -0.05) is 27.2 Å². The molecule has 0 bridgehead atoms. The lowest BCUT2D eigenvalue weighted by Crippen LogP contribution is -1.97. The molecular weight excluding hydrogens is 172 g/mol. The van der Waals surface area contributed by atoms with Crippen LogP contribution in [0.25, 0.3) is 0 Å². The molecular formula is C9H20S2. The summed E-state index contributed by atoms with van der Waals surface area (Å²) < 4.78 is 0.779. The van der Waals surface area contributed by atoms with Gasteiger partial charge in [-0.25, -0.2) is 0 Å². The lowest BCUT2D eigenvalue weighted by molar-refractivity contribution is 0.896. The fourth-order valence-corrected chi connectivity index (χ4v) is 3.64. The monoisotopic (exact) mass is 192 g/mol. The molecule has 11 heavy (non-hydrogen) atoms. The normalized spacial score (nSPS) is 13.9. The first-order valence-corrected chi connectivity index (χ1v) is 6.43. The van der Waals surface area contributed by atoms with Gasteiger partial charge in [0.1, 0.15) is 0 Å². The smallest absolute Gasteiger partial charge is 0.0476 e. The third-order valence-corrected chi connectivity index (χ3v) is 3.98. The second-order valence-electron chi connectivity index (χ2n) is 2.98. The molecule has 0 saturated heterocycles. The van der Waals surface area contributed by atoms with Crippen LogP contribution < -0.4 is 0 Å². The van der Waals surface area contributed by atoms with Crippen molar-refractivity contribution in [3.05, 3.63) is 0 Å². The number of rotatable bonds is 6. The Bertz CT molecular complexity index is 81.6. The van der Waals surface area contributed by atoms with Gasteiger partial charge in [-0.3, -0.25) is 0 Å². The standard InChI is InChI=1S/C9H20S2/c1-5-6-7-10-9(4)11-8(2)3/h8-9H,5-7H2,1-4H3. The van der Waals surface area contributed by atoms with Crippen molar-refractivity contribution in [2.45, 2.75) is 50.4 Å². The maximum atomic E-state index is 2.31. The SMILES string of the molecule is CCCCSC(C)SC(C)C. The summed E-state index contributed by atoms with van der Waals surface area (Å²) in [5.74, 6) is 1.33. The molecule has 0 aliphatic heterocycles. The van der Waals surface area contributed by atoms with Gasteiger partial charge in [0.25, 0.3) is 0 Å². The minimum Gasteiger partial charge on any atom is -0.148 e. The number of thioether (sulfide) groups is 2. The molecule has 1 unspecified atom stereocenters. The van der Waals surface area contributed by atoms with Gasteiger partial charge in [-0.15, -0.1) is 23.5 Å². The van der Waals surface area contributed by atoms with E-state index in [9.17, 15) is 0 Å². The summed E-state index contributed by atoms with van der Waals surface area (Å²) in [6, 6.07) is 0. The molecule has 0 aliphatic carbocycles. The molecule has 0 aromatic heterocycles. The summed E-state index contributed by atoms with van der Waals surface area (Å²) >= 11 is 4.16. The molecule has 0 aromatic carbocycles. The highest BCUT2D eigenvalue weighted by Crippen LogP contribution is 2.27. The maximum Gasteiger partial charge on any atom is 0.0476 e. The first kappa shape index (κ1) is 11.7. The molecule has 68 valence electrons. The molecule has 0 nitrogen and oxygen atoms in total. The zero-order valence-electron chi connectivity index (χ0n) is 8.09. The van der Waals surface area contributed by atoms with Crippen molar-refractivity contribution in [3.8, 4) is 0 Å². The fourth-order valence-electron chi connectivity index (χ4n) is 0.816. The Morgan fingerprint density at radius 2 is 1.82 bits per heavy atom. The molecule has 0 heterocycles. The Balaban J connectivity index is 3.15. The molecule has 0 fully saturated rings. The molecule has 0 radical (unpaired) electrons. The van der Waals surface area contributed by atoms with Crippen LogP contribution >= 0.6 is 23.5 Å². The van der Waals surface area contributed by atoms with Crippen LogP contribution in [0.2, 0.25) is 0 Å². The van der Waals surface area contributed by atoms with Gasteiger partial charge in [-0.2, -0.15) is 0 Å². The predicted octanol–water partition coefficient (Wildman–Crippen LogP) is 4.01. The number of hydrogen-bond acceptors (Lipinski definition) is 2. The molecule has 0 spiro atoms. The first-order chi connectivity index (χ1) is 5.16. The molecule has 0 saturated carbocycles. The highest BCUT2D eigenvalue weighted by molar-refractivity contribution is 8.17. The van der Waals surface area contributed by atoms with Gasteiger partial charge in [-0.05, 0) is 19.1 Å². The summed E-state index contributed by atoms with van der Waals surface area (Å²) in [4.78, 5) is 0. The minimum atomic E-state index is 0.777. The van der Waals surface area contributed by atoms with Gasteiger partial charge < -0.3 is 0 Å². The van der Waals surface area contributed by atoms with E-state index in [2.05, 4.69) is 51.2 Å². The van der Waals surface area contributed by atoms with Crippen LogP contribution in [0.4, 0.5) is 0 Å². The second kappa shape index (κ2) is 7.35. The van der Waals surface area contributed by atoms with Crippen molar-refractivity contribution in [1.29, 1.82) is 0 Å². The van der Waals surface area contributed by atoms with Crippen molar-refractivity contribution in [2.24, 2.45) is 0 Å². The van der Waals surface area contributed by atoms with E-state index in [1.54, 1.807) is 0 Å². The minimum absolute atomic E-state index is 0.777. The van der Waals surface area contributed by atoms with E-state index in [1.165, 1.54) is 18.6 Å². The summed E-state index contributed by atoms with van der Waals surface area (Å²) in [5.41, 5.74) is 0. The largest absolute Gasteiger partial charge is 0.148 e. The third-order valence-electron chi connectivity index (χ3n) is 1.31. The molecule has 1 atom stereocenters. The third kappa shape index (κ3) is 8.61. The summed E-state index contributed by atoms with van der Waals surface area (Å²) in [7, 11) is 0. The summed E-state index contributed by atoms with van der Waals surface area (Å²) in [6.07, 6.45) is 2.69. The van der Waals surface area contributed by atoms with Gasteiger partial charge >= 0.3 is 0 Å². The lowest BCUT2D eigenvalue weighted by Gasteiger charge is -2.12. The number of unbranched alkanes of at least 4 members (excludes halogenated alkanes) is 1. The van der Waals surface area contributed by atoms with Crippen molar-refractivity contribution in [3.63, 3.8) is 0 Å². The van der Waals surface area contributed by atoms with Crippen LogP contribution in [0.15, 0.2) is 0 Å². The Labute approximate surface area is 79.9 Å². The zero-order valence-corrected chi connectivity index (χ0v) is 9.73. The Morgan fingerprint density at radius 1 is 1.18 bits per heavy atom. The Morgan fingerprint density at radius 3 is 2.27 bits per heavy atom. The van der Waals surface area contributed by atoms with E-state index >= 15 is 0 Å². The van der Waals surface area contributed by atoms with E-state index < -0.39 is 0 Å². The number of hydrogen-bond donors (Lipinski definition) is 0. The fraction of sp³-hybridized carbons (Fsp3) is 1.00. The molecule has 0 amide bonds. The molecule has 0 aromatic rings. The first-order valence-electron chi connectivity index (χ1n) is 4.43. The van der Waals surface area contributed by atoms with Crippen LogP contribution in [-0.2, 0) is 0 Å². The average molecular weight is 192 g/mol. The van der Waals surface area contributed by atoms with Crippen LogP contribution in [0.5, 0.6) is 0 Å². The van der Waals surface area contributed by atoms with Crippen molar-refractivity contribution < 1.29 is 0 Å². The van der Waals surface area contributed by atoms with Crippen LogP contribution in [0, 0.1) is 0 Å². The van der Waals surface area contributed by atoms with E-state index in [0.29, 0.717) is 0 Å². The van der Waals surface area contributed by atoms with E-state index in [4.69, 9.17) is 0 Å². The van der Waals surface area contributed by atoms with Gasteiger partial charge in [0.2, 0.25) is 0 Å². The summed E-state index contributed by atoms with van der Waals surface area (Å²) in [6.45, 7) is 9.09. The average Bonchev–Trinajstić information content (AvgIpc) is 1.86. The zero-order chi connectivity index (χ0) is 8.69.